The summed E-state index contributed by atoms with van der Waals surface area (Å²) in [5.41, 5.74) is 5.68. The second-order valence-corrected chi connectivity index (χ2v) is 3.65. The summed E-state index contributed by atoms with van der Waals surface area (Å²) in [6.45, 7) is 1.77. The Morgan fingerprint density at radius 1 is 1.61 bits per heavy atom. The van der Waals surface area contributed by atoms with E-state index in [2.05, 4.69) is 5.32 Å². The third-order valence-corrected chi connectivity index (χ3v) is 2.43. The van der Waals surface area contributed by atoms with Gasteiger partial charge in [0.15, 0.2) is 0 Å². The van der Waals surface area contributed by atoms with Gasteiger partial charge < -0.3 is 15.8 Å². The smallest absolute Gasteiger partial charge is 0.271 e. The molecule has 0 aliphatic heterocycles. The van der Waals surface area contributed by atoms with E-state index in [1.807, 2.05) is 0 Å². The number of methoxy groups -OCH3 is 1. The van der Waals surface area contributed by atoms with Crippen LogP contribution in [0.5, 0.6) is 5.75 Å². The number of carbonyl (C=O) groups is 1. The van der Waals surface area contributed by atoms with E-state index in [9.17, 15) is 14.9 Å². The van der Waals surface area contributed by atoms with Crippen LogP contribution in [0, 0.1) is 10.1 Å². The van der Waals surface area contributed by atoms with E-state index < -0.39 is 16.9 Å². The molecule has 0 bridgehead atoms. The van der Waals surface area contributed by atoms with Crippen molar-refractivity contribution in [3.63, 3.8) is 0 Å². The Kier molecular flexibility index (Phi) is 4.61. The van der Waals surface area contributed by atoms with Crippen LogP contribution in [0.15, 0.2) is 18.2 Å². The van der Waals surface area contributed by atoms with Gasteiger partial charge in [-0.2, -0.15) is 0 Å². The van der Waals surface area contributed by atoms with E-state index >= 15 is 0 Å². The molecule has 98 valence electrons. The molecule has 1 amide bonds. The molecule has 7 heteroatoms. The molecule has 0 aromatic heterocycles. The van der Waals surface area contributed by atoms with Crippen molar-refractivity contribution in [1.29, 1.82) is 0 Å². The maximum absolute atomic E-state index is 11.6. The van der Waals surface area contributed by atoms with Gasteiger partial charge in [0.25, 0.3) is 5.69 Å². The van der Waals surface area contributed by atoms with Crippen LogP contribution in [0.4, 0.5) is 11.4 Å². The molecule has 1 unspecified atom stereocenters. The van der Waals surface area contributed by atoms with Gasteiger partial charge in [-0.3, -0.25) is 14.9 Å². The molecule has 18 heavy (non-hydrogen) atoms. The zero-order valence-corrected chi connectivity index (χ0v) is 10.2. The molecule has 0 fully saturated rings. The minimum atomic E-state index is -0.658. The number of benzene rings is 1. The normalized spacial score (nSPS) is 11.7. The summed E-state index contributed by atoms with van der Waals surface area (Å²) in [5, 5.41) is 13.2. The zero-order valence-electron chi connectivity index (χ0n) is 10.2. The molecule has 0 saturated heterocycles. The number of nitrogens with zero attached hydrogens (tertiary/aromatic N) is 1. The first-order valence-corrected chi connectivity index (χ1v) is 5.38. The average Bonchev–Trinajstić information content (AvgIpc) is 2.37. The van der Waals surface area contributed by atoms with Gasteiger partial charge in [-0.1, -0.05) is 6.92 Å². The van der Waals surface area contributed by atoms with Crippen LogP contribution in [-0.4, -0.2) is 24.0 Å². The van der Waals surface area contributed by atoms with E-state index in [4.69, 9.17) is 10.5 Å². The topological polar surface area (TPSA) is 107 Å². The van der Waals surface area contributed by atoms with E-state index in [0.717, 1.165) is 0 Å². The van der Waals surface area contributed by atoms with Gasteiger partial charge in [0.1, 0.15) is 5.75 Å². The molecule has 0 aliphatic carbocycles. The predicted molar refractivity (Wildman–Crippen MR) is 66.5 cm³/mol. The van der Waals surface area contributed by atoms with Crippen LogP contribution in [0.2, 0.25) is 0 Å². The Bertz CT molecular complexity index is 462. The summed E-state index contributed by atoms with van der Waals surface area (Å²) in [7, 11) is 1.41. The summed E-state index contributed by atoms with van der Waals surface area (Å²) in [6, 6.07) is 3.30. The van der Waals surface area contributed by atoms with E-state index in [1.165, 1.54) is 25.3 Å². The van der Waals surface area contributed by atoms with Crippen LogP contribution in [0.25, 0.3) is 0 Å². The molecule has 0 spiro atoms. The molecule has 1 rings (SSSR count). The fraction of sp³-hybridized carbons (Fsp3) is 0.364. The summed E-state index contributed by atoms with van der Waals surface area (Å²) in [6.07, 6.45) is 0.475. The average molecular weight is 253 g/mol. The Labute approximate surface area is 104 Å². The Balaban J connectivity index is 3.01. The lowest BCUT2D eigenvalue weighted by Gasteiger charge is -2.12. The fourth-order valence-electron chi connectivity index (χ4n) is 1.32. The van der Waals surface area contributed by atoms with Crippen molar-refractivity contribution < 1.29 is 14.5 Å². The zero-order chi connectivity index (χ0) is 13.7. The second kappa shape index (κ2) is 5.97. The first kappa shape index (κ1) is 13.9. The summed E-state index contributed by atoms with van der Waals surface area (Å²) >= 11 is 0. The maximum Gasteiger partial charge on any atom is 0.271 e. The van der Waals surface area contributed by atoms with Gasteiger partial charge in [-0.05, 0) is 12.5 Å². The molecular formula is C11H15N3O4. The van der Waals surface area contributed by atoms with Crippen LogP contribution in [0.1, 0.15) is 13.3 Å². The van der Waals surface area contributed by atoms with Gasteiger partial charge in [0.2, 0.25) is 5.91 Å². The molecule has 0 saturated carbocycles. The van der Waals surface area contributed by atoms with Crippen LogP contribution in [0.3, 0.4) is 0 Å². The highest BCUT2D eigenvalue weighted by Crippen LogP contribution is 2.28. The van der Waals surface area contributed by atoms with Crippen LogP contribution in [-0.2, 0) is 4.79 Å². The fourth-order valence-corrected chi connectivity index (χ4v) is 1.32. The van der Waals surface area contributed by atoms with Crippen LogP contribution < -0.4 is 15.8 Å². The number of anilines is 1. The van der Waals surface area contributed by atoms with Crippen molar-refractivity contribution in [1.82, 2.24) is 0 Å². The predicted octanol–water partition coefficient (Wildman–Crippen LogP) is 1.28. The van der Waals surface area contributed by atoms with Gasteiger partial charge in [-0.15, -0.1) is 0 Å². The largest absolute Gasteiger partial charge is 0.495 e. The monoisotopic (exact) mass is 253 g/mol. The van der Waals surface area contributed by atoms with Gasteiger partial charge >= 0.3 is 0 Å². The number of non-ortho nitro benzene ring substituents is 1. The van der Waals surface area contributed by atoms with Crippen molar-refractivity contribution in [2.75, 3.05) is 12.4 Å². The van der Waals surface area contributed by atoms with Crippen molar-refractivity contribution >= 4 is 17.3 Å². The number of amides is 1. The summed E-state index contributed by atoms with van der Waals surface area (Å²) in [5.74, 6) is -0.0615. The maximum atomic E-state index is 11.6. The highest BCUT2D eigenvalue weighted by molar-refractivity contribution is 5.96. The minimum absolute atomic E-state index is 0.129. The lowest BCUT2D eigenvalue weighted by molar-refractivity contribution is -0.384. The summed E-state index contributed by atoms with van der Waals surface area (Å²) < 4.78 is 5.02. The number of carbonyl (C=O) groups excluding carboxylic acids is 1. The van der Waals surface area contributed by atoms with Crippen molar-refractivity contribution in [2.24, 2.45) is 5.73 Å². The Morgan fingerprint density at radius 2 is 2.28 bits per heavy atom. The highest BCUT2D eigenvalue weighted by atomic mass is 16.6. The van der Waals surface area contributed by atoms with Gasteiger partial charge in [-0.25, -0.2) is 0 Å². The lowest BCUT2D eigenvalue weighted by Crippen LogP contribution is -2.34. The Hall–Kier alpha value is -2.15. The van der Waals surface area contributed by atoms with E-state index in [-0.39, 0.29) is 11.4 Å². The molecular weight excluding hydrogens is 238 g/mol. The van der Waals surface area contributed by atoms with Gasteiger partial charge in [0, 0.05) is 12.1 Å². The number of nitro benzene ring substituents is 1. The molecule has 7 nitrogen and oxygen atoms in total. The van der Waals surface area contributed by atoms with Crippen LogP contribution >= 0.6 is 0 Å². The van der Waals surface area contributed by atoms with Crippen molar-refractivity contribution in [2.45, 2.75) is 19.4 Å². The SMILES string of the molecule is CCC(N)C(=O)Nc1cc([N+](=O)[O-])ccc1OC. The third kappa shape index (κ3) is 3.17. The molecule has 0 aliphatic rings. The number of hydrogen-bond donors (Lipinski definition) is 2. The number of nitro groups is 1. The first-order chi connectivity index (χ1) is 8.49. The quantitative estimate of drug-likeness (QED) is 0.607. The van der Waals surface area contributed by atoms with Crippen molar-refractivity contribution in [3.05, 3.63) is 28.3 Å². The molecule has 3 N–H and O–H groups in total. The Morgan fingerprint density at radius 3 is 2.78 bits per heavy atom. The molecule has 0 radical (unpaired) electrons. The molecule has 1 atom stereocenters. The summed E-state index contributed by atoms with van der Waals surface area (Å²) in [4.78, 5) is 21.7. The van der Waals surface area contributed by atoms with E-state index in [0.29, 0.717) is 12.2 Å². The first-order valence-electron chi connectivity index (χ1n) is 5.38. The lowest BCUT2D eigenvalue weighted by atomic mass is 10.2. The number of rotatable bonds is 5. The van der Waals surface area contributed by atoms with E-state index in [1.54, 1.807) is 6.92 Å². The second-order valence-electron chi connectivity index (χ2n) is 3.65. The standard InChI is InChI=1S/C11H15N3O4/c1-3-8(12)11(15)13-9-6-7(14(16)17)4-5-10(9)18-2/h4-6,8H,3,12H2,1-2H3,(H,13,15). The molecule has 1 aromatic carbocycles. The number of nitrogens with two attached hydrogens (primary N) is 1. The van der Waals surface area contributed by atoms with Crippen molar-refractivity contribution in [3.8, 4) is 5.75 Å². The number of nitrogens with one attached hydrogen (secondary N) is 1. The molecule has 1 aromatic rings. The number of ether oxygens (including phenoxy) is 1. The third-order valence-electron chi connectivity index (χ3n) is 2.43. The minimum Gasteiger partial charge on any atom is -0.495 e. The number of hydrogen-bond acceptors (Lipinski definition) is 5. The highest BCUT2D eigenvalue weighted by Gasteiger charge is 2.16. The van der Waals surface area contributed by atoms with Gasteiger partial charge in [0.05, 0.1) is 23.8 Å². The molecule has 0 heterocycles.